The van der Waals surface area contributed by atoms with Gasteiger partial charge in [-0.15, -0.1) is 0 Å². The van der Waals surface area contributed by atoms with E-state index in [1.165, 1.54) is 12.8 Å². The number of hydrogen-bond donors (Lipinski definition) is 1. The summed E-state index contributed by atoms with van der Waals surface area (Å²) in [6.07, 6.45) is 7.16. The van der Waals surface area contributed by atoms with Crippen molar-refractivity contribution < 1.29 is 5.11 Å². The van der Waals surface area contributed by atoms with E-state index in [1.54, 1.807) is 0 Å². The first-order chi connectivity index (χ1) is 7.75. The molecular formula is C14H21NO. The minimum atomic E-state index is -0.0834. The minimum absolute atomic E-state index is 0.0834. The Labute approximate surface area is 97.7 Å². The molecule has 0 amide bonds. The van der Waals surface area contributed by atoms with Gasteiger partial charge in [-0.25, -0.2) is 0 Å². The van der Waals surface area contributed by atoms with E-state index >= 15 is 0 Å². The molecule has 0 bridgehead atoms. The van der Waals surface area contributed by atoms with Gasteiger partial charge in [-0.1, -0.05) is 13.0 Å². The number of aromatic nitrogens is 1. The van der Waals surface area contributed by atoms with Crippen LogP contribution in [0.3, 0.4) is 0 Å². The minimum Gasteiger partial charge on any atom is -0.393 e. The summed E-state index contributed by atoms with van der Waals surface area (Å²) >= 11 is 0. The highest BCUT2D eigenvalue weighted by Gasteiger charge is 2.26. The average molecular weight is 219 g/mol. The van der Waals surface area contributed by atoms with Crippen molar-refractivity contribution in [3.8, 4) is 0 Å². The molecule has 3 unspecified atom stereocenters. The second kappa shape index (κ2) is 5.44. The highest BCUT2D eigenvalue weighted by molar-refractivity contribution is 5.03. The molecule has 1 N–H and O–H groups in total. The lowest BCUT2D eigenvalue weighted by Crippen LogP contribution is -2.28. The van der Waals surface area contributed by atoms with Gasteiger partial charge in [0.15, 0.2) is 0 Å². The fourth-order valence-electron chi connectivity index (χ4n) is 2.67. The van der Waals surface area contributed by atoms with Crippen LogP contribution in [0.15, 0.2) is 24.4 Å². The summed E-state index contributed by atoms with van der Waals surface area (Å²) in [7, 11) is 0. The normalized spacial score (nSPS) is 30.2. The fourth-order valence-corrected chi connectivity index (χ4v) is 2.67. The Morgan fingerprint density at radius 1 is 1.38 bits per heavy atom. The van der Waals surface area contributed by atoms with Crippen LogP contribution in [0.4, 0.5) is 0 Å². The summed E-state index contributed by atoms with van der Waals surface area (Å²) < 4.78 is 0. The first kappa shape index (κ1) is 11.6. The molecule has 16 heavy (non-hydrogen) atoms. The van der Waals surface area contributed by atoms with E-state index in [0.717, 1.165) is 30.9 Å². The van der Waals surface area contributed by atoms with Crippen LogP contribution in [-0.4, -0.2) is 16.2 Å². The molecule has 0 aliphatic heterocycles. The van der Waals surface area contributed by atoms with E-state index < -0.39 is 0 Å². The number of aliphatic hydroxyl groups is 1. The summed E-state index contributed by atoms with van der Waals surface area (Å²) in [6, 6.07) is 6.04. The van der Waals surface area contributed by atoms with Crippen LogP contribution in [0.25, 0.3) is 0 Å². The van der Waals surface area contributed by atoms with E-state index in [1.807, 2.05) is 18.3 Å². The van der Waals surface area contributed by atoms with Gasteiger partial charge in [-0.05, 0) is 56.1 Å². The van der Waals surface area contributed by atoms with Crippen LogP contribution in [0.2, 0.25) is 0 Å². The summed E-state index contributed by atoms with van der Waals surface area (Å²) in [5, 5.41) is 9.94. The van der Waals surface area contributed by atoms with Crippen LogP contribution in [0.5, 0.6) is 0 Å². The van der Waals surface area contributed by atoms with Gasteiger partial charge in [-0.2, -0.15) is 0 Å². The standard InChI is InChI=1S/C14H21NO/c1-11-5-8-14(16)12(10-11)6-7-13-4-2-3-9-15-13/h2-4,9,11-12,14,16H,5-8,10H2,1H3. The Balaban J connectivity index is 1.85. The SMILES string of the molecule is CC1CCC(O)C(CCc2ccccn2)C1. The van der Waals surface area contributed by atoms with Gasteiger partial charge in [0.25, 0.3) is 0 Å². The lowest BCUT2D eigenvalue weighted by atomic mass is 9.78. The van der Waals surface area contributed by atoms with Gasteiger partial charge in [0.05, 0.1) is 6.10 Å². The lowest BCUT2D eigenvalue weighted by Gasteiger charge is -2.31. The second-order valence-electron chi connectivity index (χ2n) is 5.11. The third-order valence-corrected chi connectivity index (χ3v) is 3.70. The third-order valence-electron chi connectivity index (χ3n) is 3.70. The van der Waals surface area contributed by atoms with Crippen molar-refractivity contribution in [3.05, 3.63) is 30.1 Å². The van der Waals surface area contributed by atoms with Crippen molar-refractivity contribution in [1.82, 2.24) is 4.98 Å². The molecule has 1 aromatic heterocycles. The first-order valence-electron chi connectivity index (χ1n) is 6.33. The van der Waals surface area contributed by atoms with Gasteiger partial charge in [0.1, 0.15) is 0 Å². The fraction of sp³-hybridized carbons (Fsp3) is 0.643. The topological polar surface area (TPSA) is 33.1 Å². The largest absolute Gasteiger partial charge is 0.393 e. The van der Waals surface area contributed by atoms with Crippen molar-refractivity contribution in [2.45, 2.75) is 45.1 Å². The number of rotatable bonds is 3. The van der Waals surface area contributed by atoms with Crippen molar-refractivity contribution in [2.24, 2.45) is 11.8 Å². The molecule has 3 atom stereocenters. The Morgan fingerprint density at radius 3 is 3.00 bits per heavy atom. The molecule has 0 aromatic carbocycles. The Hall–Kier alpha value is -0.890. The molecule has 0 spiro atoms. The molecule has 2 rings (SSSR count). The van der Waals surface area contributed by atoms with Crippen molar-refractivity contribution in [1.29, 1.82) is 0 Å². The lowest BCUT2D eigenvalue weighted by molar-refractivity contribution is 0.0475. The molecule has 1 heterocycles. The maximum atomic E-state index is 9.94. The zero-order valence-corrected chi connectivity index (χ0v) is 9.97. The van der Waals surface area contributed by atoms with Crippen LogP contribution >= 0.6 is 0 Å². The number of pyridine rings is 1. The van der Waals surface area contributed by atoms with Crippen LogP contribution in [-0.2, 0) is 6.42 Å². The predicted molar refractivity (Wildman–Crippen MR) is 65.1 cm³/mol. The van der Waals surface area contributed by atoms with Gasteiger partial charge in [0, 0.05) is 11.9 Å². The molecule has 0 radical (unpaired) electrons. The zero-order valence-electron chi connectivity index (χ0n) is 9.97. The first-order valence-corrected chi connectivity index (χ1v) is 6.33. The number of aliphatic hydroxyl groups excluding tert-OH is 1. The average Bonchev–Trinajstić information content (AvgIpc) is 2.32. The molecule has 0 saturated heterocycles. The summed E-state index contributed by atoms with van der Waals surface area (Å²) in [5.74, 6) is 1.25. The smallest absolute Gasteiger partial charge is 0.0568 e. The summed E-state index contributed by atoms with van der Waals surface area (Å²) in [4.78, 5) is 4.33. The van der Waals surface area contributed by atoms with E-state index in [-0.39, 0.29) is 6.10 Å². The van der Waals surface area contributed by atoms with Gasteiger partial charge in [0.2, 0.25) is 0 Å². The quantitative estimate of drug-likeness (QED) is 0.848. The Bertz CT molecular complexity index is 312. The van der Waals surface area contributed by atoms with E-state index in [9.17, 15) is 5.11 Å². The van der Waals surface area contributed by atoms with Crippen LogP contribution in [0.1, 0.15) is 38.3 Å². The summed E-state index contributed by atoms with van der Waals surface area (Å²) in [6.45, 7) is 2.29. The number of hydrogen-bond acceptors (Lipinski definition) is 2. The second-order valence-corrected chi connectivity index (χ2v) is 5.11. The molecule has 2 heteroatoms. The molecule has 1 saturated carbocycles. The number of nitrogens with zero attached hydrogens (tertiary/aromatic N) is 1. The molecule has 1 aliphatic rings. The molecular weight excluding hydrogens is 198 g/mol. The van der Waals surface area contributed by atoms with E-state index in [2.05, 4.69) is 18.0 Å². The molecule has 1 aromatic rings. The molecule has 88 valence electrons. The monoisotopic (exact) mass is 219 g/mol. The maximum absolute atomic E-state index is 9.94. The van der Waals surface area contributed by atoms with E-state index in [4.69, 9.17) is 0 Å². The van der Waals surface area contributed by atoms with Crippen molar-refractivity contribution in [2.75, 3.05) is 0 Å². The Morgan fingerprint density at radius 2 is 2.25 bits per heavy atom. The van der Waals surface area contributed by atoms with Crippen LogP contribution < -0.4 is 0 Å². The molecule has 1 fully saturated rings. The van der Waals surface area contributed by atoms with Gasteiger partial charge >= 0.3 is 0 Å². The highest BCUT2D eigenvalue weighted by atomic mass is 16.3. The molecule has 1 aliphatic carbocycles. The van der Waals surface area contributed by atoms with Gasteiger partial charge < -0.3 is 5.11 Å². The third kappa shape index (κ3) is 3.05. The maximum Gasteiger partial charge on any atom is 0.0568 e. The van der Waals surface area contributed by atoms with Crippen molar-refractivity contribution in [3.63, 3.8) is 0 Å². The highest BCUT2D eigenvalue weighted by Crippen LogP contribution is 2.31. The predicted octanol–water partition coefficient (Wildman–Crippen LogP) is 2.81. The van der Waals surface area contributed by atoms with Gasteiger partial charge in [-0.3, -0.25) is 4.98 Å². The Kier molecular flexibility index (Phi) is 3.94. The summed E-state index contributed by atoms with van der Waals surface area (Å²) in [5.41, 5.74) is 1.15. The van der Waals surface area contributed by atoms with E-state index in [0.29, 0.717) is 5.92 Å². The number of aryl methyl sites for hydroxylation is 1. The molecule has 2 nitrogen and oxygen atoms in total. The zero-order chi connectivity index (χ0) is 11.4. The van der Waals surface area contributed by atoms with Crippen molar-refractivity contribution >= 4 is 0 Å². The van der Waals surface area contributed by atoms with Crippen LogP contribution in [0, 0.1) is 11.8 Å².